The van der Waals surface area contributed by atoms with Gasteiger partial charge >= 0.3 is 0 Å². The number of aliphatic hydroxyl groups is 1. The van der Waals surface area contributed by atoms with Crippen molar-refractivity contribution < 1.29 is 5.11 Å². The standard InChI is InChI=1S/C11H25NOS/c1-4-6-8-14-9-7-11(3,10-13)12-5-2/h12-13H,4-10H2,1-3H3. The number of likely N-dealkylation sites (N-methyl/N-ethyl adjacent to an activating group) is 1. The topological polar surface area (TPSA) is 32.3 Å². The van der Waals surface area contributed by atoms with Crippen LogP contribution in [0, 0.1) is 0 Å². The lowest BCUT2D eigenvalue weighted by atomic mass is 10.0. The van der Waals surface area contributed by atoms with Crippen molar-refractivity contribution in [3.8, 4) is 0 Å². The fourth-order valence-electron chi connectivity index (χ4n) is 1.30. The number of nitrogens with one attached hydrogen (secondary N) is 1. The molecule has 86 valence electrons. The van der Waals surface area contributed by atoms with Gasteiger partial charge in [-0.3, -0.25) is 0 Å². The Kier molecular flexibility index (Phi) is 8.73. The highest BCUT2D eigenvalue weighted by Gasteiger charge is 2.20. The summed E-state index contributed by atoms with van der Waals surface area (Å²) in [6.07, 6.45) is 3.63. The van der Waals surface area contributed by atoms with E-state index in [0.29, 0.717) is 0 Å². The van der Waals surface area contributed by atoms with E-state index >= 15 is 0 Å². The molecule has 0 spiro atoms. The monoisotopic (exact) mass is 219 g/mol. The molecule has 0 aromatic rings. The fourth-order valence-corrected chi connectivity index (χ4v) is 2.59. The first kappa shape index (κ1) is 14.3. The van der Waals surface area contributed by atoms with Crippen molar-refractivity contribution in [2.45, 2.75) is 45.6 Å². The van der Waals surface area contributed by atoms with Crippen LogP contribution in [0.3, 0.4) is 0 Å². The van der Waals surface area contributed by atoms with E-state index in [1.165, 1.54) is 18.6 Å². The van der Waals surface area contributed by atoms with Gasteiger partial charge in [-0.2, -0.15) is 11.8 Å². The van der Waals surface area contributed by atoms with Gasteiger partial charge in [-0.25, -0.2) is 0 Å². The molecular formula is C11H25NOS. The van der Waals surface area contributed by atoms with Crippen LogP contribution in [0.25, 0.3) is 0 Å². The van der Waals surface area contributed by atoms with Crippen LogP contribution in [-0.4, -0.2) is 35.3 Å². The third-order valence-corrected chi connectivity index (χ3v) is 3.46. The van der Waals surface area contributed by atoms with Gasteiger partial charge in [-0.15, -0.1) is 0 Å². The highest BCUT2D eigenvalue weighted by molar-refractivity contribution is 7.99. The number of rotatable bonds is 9. The van der Waals surface area contributed by atoms with Gasteiger partial charge in [-0.1, -0.05) is 20.3 Å². The molecule has 0 aliphatic carbocycles. The summed E-state index contributed by atoms with van der Waals surface area (Å²) in [5.74, 6) is 2.40. The lowest BCUT2D eigenvalue weighted by molar-refractivity contribution is 0.173. The van der Waals surface area contributed by atoms with Gasteiger partial charge in [0, 0.05) is 5.54 Å². The first-order valence-electron chi connectivity index (χ1n) is 5.62. The van der Waals surface area contributed by atoms with Crippen LogP contribution in [0.15, 0.2) is 0 Å². The molecule has 3 heteroatoms. The van der Waals surface area contributed by atoms with Gasteiger partial charge in [0.05, 0.1) is 6.61 Å². The number of thioether (sulfide) groups is 1. The zero-order valence-electron chi connectivity index (χ0n) is 9.81. The first-order valence-corrected chi connectivity index (χ1v) is 6.77. The average molecular weight is 219 g/mol. The van der Waals surface area contributed by atoms with Crippen molar-refractivity contribution in [3.63, 3.8) is 0 Å². The van der Waals surface area contributed by atoms with Crippen molar-refractivity contribution in [2.75, 3.05) is 24.7 Å². The normalized spacial score (nSPS) is 15.4. The van der Waals surface area contributed by atoms with Gasteiger partial charge in [0.15, 0.2) is 0 Å². The van der Waals surface area contributed by atoms with Gasteiger partial charge < -0.3 is 10.4 Å². The van der Waals surface area contributed by atoms with Crippen LogP contribution < -0.4 is 5.32 Å². The quantitative estimate of drug-likeness (QED) is 0.584. The minimum atomic E-state index is -0.0754. The summed E-state index contributed by atoms with van der Waals surface area (Å²) < 4.78 is 0. The third kappa shape index (κ3) is 6.68. The van der Waals surface area contributed by atoms with Crippen molar-refractivity contribution in [2.24, 2.45) is 0 Å². The molecule has 14 heavy (non-hydrogen) atoms. The Balaban J connectivity index is 3.51. The van der Waals surface area contributed by atoms with Crippen molar-refractivity contribution in [1.82, 2.24) is 5.32 Å². The minimum absolute atomic E-state index is 0.0754. The van der Waals surface area contributed by atoms with Gasteiger partial charge in [-0.05, 0) is 37.8 Å². The Bertz CT molecular complexity index is 132. The molecule has 1 atom stereocenters. The van der Waals surface area contributed by atoms with E-state index in [0.717, 1.165) is 18.7 Å². The second kappa shape index (κ2) is 8.57. The zero-order chi connectivity index (χ0) is 10.9. The molecule has 0 saturated carbocycles. The Hall–Kier alpha value is 0.270. The Morgan fingerprint density at radius 2 is 2.00 bits per heavy atom. The van der Waals surface area contributed by atoms with Crippen LogP contribution in [0.5, 0.6) is 0 Å². The summed E-state index contributed by atoms with van der Waals surface area (Å²) in [5, 5.41) is 12.6. The lowest BCUT2D eigenvalue weighted by Gasteiger charge is -2.28. The summed E-state index contributed by atoms with van der Waals surface area (Å²) in [4.78, 5) is 0. The summed E-state index contributed by atoms with van der Waals surface area (Å²) in [5.41, 5.74) is -0.0754. The van der Waals surface area contributed by atoms with Crippen LogP contribution in [0.4, 0.5) is 0 Å². The van der Waals surface area contributed by atoms with E-state index in [1.807, 2.05) is 11.8 Å². The summed E-state index contributed by atoms with van der Waals surface area (Å²) >= 11 is 1.99. The molecule has 0 fully saturated rings. The Morgan fingerprint density at radius 3 is 2.50 bits per heavy atom. The van der Waals surface area contributed by atoms with Crippen LogP contribution >= 0.6 is 11.8 Å². The maximum atomic E-state index is 9.25. The van der Waals surface area contributed by atoms with Crippen LogP contribution in [0.2, 0.25) is 0 Å². The van der Waals surface area contributed by atoms with E-state index in [1.54, 1.807) is 0 Å². The number of unbranched alkanes of at least 4 members (excludes halogenated alkanes) is 1. The first-order chi connectivity index (χ1) is 6.68. The maximum absolute atomic E-state index is 9.25. The largest absolute Gasteiger partial charge is 0.394 e. The number of hydrogen-bond donors (Lipinski definition) is 2. The van der Waals surface area contributed by atoms with E-state index in [2.05, 4.69) is 26.1 Å². The molecule has 0 heterocycles. The fraction of sp³-hybridized carbons (Fsp3) is 1.00. The van der Waals surface area contributed by atoms with Crippen molar-refractivity contribution in [1.29, 1.82) is 0 Å². The molecule has 0 aliphatic rings. The molecule has 2 nitrogen and oxygen atoms in total. The molecule has 1 unspecified atom stereocenters. The molecule has 0 radical (unpaired) electrons. The highest BCUT2D eigenvalue weighted by atomic mass is 32.2. The Labute approximate surface area is 92.9 Å². The number of hydrogen-bond acceptors (Lipinski definition) is 3. The van der Waals surface area contributed by atoms with Crippen molar-refractivity contribution >= 4 is 11.8 Å². The highest BCUT2D eigenvalue weighted by Crippen LogP contribution is 2.14. The van der Waals surface area contributed by atoms with E-state index in [9.17, 15) is 5.11 Å². The maximum Gasteiger partial charge on any atom is 0.0610 e. The predicted molar refractivity (Wildman–Crippen MR) is 66.0 cm³/mol. The Morgan fingerprint density at radius 1 is 1.29 bits per heavy atom. The van der Waals surface area contributed by atoms with Crippen LogP contribution in [0.1, 0.15) is 40.0 Å². The third-order valence-electron chi connectivity index (χ3n) is 2.39. The van der Waals surface area contributed by atoms with E-state index in [4.69, 9.17) is 0 Å². The predicted octanol–water partition coefficient (Wildman–Crippen LogP) is 2.27. The summed E-state index contributed by atoms with van der Waals surface area (Å²) in [6.45, 7) is 7.55. The molecule has 0 bridgehead atoms. The van der Waals surface area contributed by atoms with Gasteiger partial charge in [0.25, 0.3) is 0 Å². The SMILES string of the molecule is CCCCSCCC(C)(CO)NCC. The molecule has 0 amide bonds. The minimum Gasteiger partial charge on any atom is -0.394 e. The zero-order valence-corrected chi connectivity index (χ0v) is 10.6. The smallest absolute Gasteiger partial charge is 0.0610 e. The summed E-state index contributed by atoms with van der Waals surface area (Å²) in [6, 6.07) is 0. The molecule has 0 rings (SSSR count). The van der Waals surface area contributed by atoms with E-state index in [-0.39, 0.29) is 12.1 Å². The number of aliphatic hydroxyl groups excluding tert-OH is 1. The second-order valence-corrected chi connectivity index (χ2v) is 5.19. The molecule has 0 aromatic carbocycles. The van der Waals surface area contributed by atoms with Crippen LogP contribution in [-0.2, 0) is 0 Å². The molecule has 0 saturated heterocycles. The van der Waals surface area contributed by atoms with E-state index < -0.39 is 0 Å². The van der Waals surface area contributed by atoms with Gasteiger partial charge in [0.1, 0.15) is 0 Å². The molecular weight excluding hydrogens is 194 g/mol. The summed E-state index contributed by atoms with van der Waals surface area (Å²) in [7, 11) is 0. The lowest BCUT2D eigenvalue weighted by Crippen LogP contribution is -2.46. The molecule has 0 aliphatic heterocycles. The van der Waals surface area contributed by atoms with Crippen molar-refractivity contribution in [3.05, 3.63) is 0 Å². The molecule has 2 N–H and O–H groups in total. The van der Waals surface area contributed by atoms with Gasteiger partial charge in [0.2, 0.25) is 0 Å². The average Bonchev–Trinajstić information content (AvgIpc) is 2.18. The second-order valence-electron chi connectivity index (χ2n) is 3.97. The molecule has 0 aromatic heterocycles.